The van der Waals surface area contributed by atoms with Crippen molar-refractivity contribution in [3.63, 3.8) is 0 Å². The Morgan fingerprint density at radius 2 is 1.78 bits per heavy atom. The van der Waals surface area contributed by atoms with E-state index in [9.17, 15) is 8.78 Å². The number of hydrogen-bond donors (Lipinski definition) is 2. The summed E-state index contributed by atoms with van der Waals surface area (Å²) in [7, 11) is 0. The van der Waals surface area contributed by atoms with E-state index in [1.165, 1.54) is 10.4 Å². The maximum absolute atomic E-state index is 13.5. The summed E-state index contributed by atoms with van der Waals surface area (Å²) in [6.45, 7) is 4.44. The van der Waals surface area contributed by atoms with Crippen LogP contribution in [0.1, 0.15) is 15.3 Å². The van der Waals surface area contributed by atoms with Crippen molar-refractivity contribution in [3.8, 4) is 0 Å². The van der Waals surface area contributed by atoms with Crippen LogP contribution in [0.4, 0.5) is 20.2 Å². The van der Waals surface area contributed by atoms with Gasteiger partial charge in [0.2, 0.25) is 0 Å². The Bertz CT molecular complexity index is 536. The van der Waals surface area contributed by atoms with Gasteiger partial charge in [0.15, 0.2) is 11.6 Å². The number of nitrogens with one attached hydrogen (secondary N) is 1. The number of halogens is 2. The molecule has 0 unspecified atom stereocenters. The third-order valence-corrected chi connectivity index (χ3v) is 3.87. The minimum absolute atomic E-state index is 0.0818. The first-order valence-corrected chi connectivity index (χ1v) is 6.33. The van der Waals surface area contributed by atoms with Crippen LogP contribution in [0.15, 0.2) is 18.2 Å². The van der Waals surface area contributed by atoms with Crippen molar-refractivity contribution >= 4 is 22.7 Å². The zero-order valence-electron chi connectivity index (χ0n) is 10.2. The average molecular weight is 268 g/mol. The fourth-order valence-electron chi connectivity index (χ4n) is 1.67. The summed E-state index contributed by atoms with van der Waals surface area (Å²) in [5, 5.41) is 2.77. The number of rotatable bonds is 3. The maximum Gasteiger partial charge on any atom is 0.151 e. The zero-order valence-corrected chi connectivity index (χ0v) is 11.0. The minimum Gasteiger partial charge on any atom is -0.399 e. The van der Waals surface area contributed by atoms with E-state index in [0.29, 0.717) is 6.54 Å². The van der Waals surface area contributed by atoms with E-state index in [-0.39, 0.29) is 11.4 Å². The molecule has 1 heterocycles. The molecule has 2 nitrogen and oxygen atoms in total. The highest BCUT2D eigenvalue weighted by molar-refractivity contribution is 7.12. The fourth-order valence-corrected chi connectivity index (χ4v) is 2.67. The third-order valence-electron chi connectivity index (χ3n) is 2.72. The molecule has 0 saturated carbocycles. The molecule has 18 heavy (non-hydrogen) atoms. The van der Waals surface area contributed by atoms with Crippen molar-refractivity contribution in [2.45, 2.75) is 20.4 Å². The zero-order chi connectivity index (χ0) is 13.3. The van der Waals surface area contributed by atoms with E-state index in [1.807, 2.05) is 19.9 Å². The molecule has 1 aromatic heterocycles. The van der Waals surface area contributed by atoms with Crippen LogP contribution in [0.3, 0.4) is 0 Å². The van der Waals surface area contributed by atoms with E-state index in [0.717, 1.165) is 17.0 Å². The monoisotopic (exact) mass is 268 g/mol. The van der Waals surface area contributed by atoms with Crippen molar-refractivity contribution in [2.75, 3.05) is 11.1 Å². The first kappa shape index (κ1) is 12.8. The second-order valence-corrected chi connectivity index (χ2v) is 5.51. The second-order valence-electron chi connectivity index (χ2n) is 4.17. The number of nitrogen functional groups attached to an aromatic ring is 1. The molecule has 2 rings (SSSR count). The van der Waals surface area contributed by atoms with E-state index >= 15 is 0 Å². The molecule has 0 aliphatic rings. The number of thiophene rings is 1. The lowest BCUT2D eigenvalue weighted by Gasteiger charge is -2.08. The molecule has 0 aliphatic carbocycles. The molecular formula is C13H14F2N2S. The largest absolute Gasteiger partial charge is 0.399 e. The summed E-state index contributed by atoms with van der Waals surface area (Å²) in [6, 6.07) is 4.23. The number of hydrogen-bond acceptors (Lipinski definition) is 3. The van der Waals surface area contributed by atoms with Crippen LogP contribution in [-0.4, -0.2) is 0 Å². The van der Waals surface area contributed by atoms with E-state index in [2.05, 4.69) is 5.32 Å². The van der Waals surface area contributed by atoms with Crippen molar-refractivity contribution in [1.82, 2.24) is 0 Å². The van der Waals surface area contributed by atoms with Crippen LogP contribution >= 0.6 is 11.3 Å². The van der Waals surface area contributed by atoms with Gasteiger partial charge in [-0.1, -0.05) is 0 Å². The predicted octanol–water partition coefficient (Wildman–Crippen LogP) is 3.84. The van der Waals surface area contributed by atoms with Crippen LogP contribution < -0.4 is 11.1 Å². The highest BCUT2D eigenvalue weighted by Gasteiger charge is 2.10. The maximum atomic E-state index is 13.5. The molecule has 0 radical (unpaired) electrons. The van der Waals surface area contributed by atoms with Gasteiger partial charge in [0.1, 0.15) is 5.69 Å². The summed E-state index contributed by atoms with van der Waals surface area (Å²) >= 11 is 1.62. The van der Waals surface area contributed by atoms with E-state index < -0.39 is 11.6 Å². The van der Waals surface area contributed by atoms with Crippen molar-refractivity contribution < 1.29 is 8.78 Å². The van der Waals surface area contributed by atoms with Gasteiger partial charge in [0.25, 0.3) is 0 Å². The Balaban J connectivity index is 2.15. The highest BCUT2D eigenvalue weighted by atomic mass is 32.1. The highest BCUT2D eigenvalue weighted by Crippen LogP contribution is 2.25. The standard InChI is InChI=1S/C13H14F2N2S/c1-7-3-10(18-8(7)2)6-17-13-11(14)4-9(16)5-12(13)15/h3-5,17H,6,16H2,1-2H3. The predicted molar refractivity (Wildman–Crippen MR) is 71.9 cm³/mol. The summed E-state index contributed by atoms with van der Waals surface area (Å²) < 4.78 is 27.0. The number of nitrogens with two attached hydrogens (primary N) is 1. The van der Waals surface area contributed by atoms with Gasteiger partial charge in [0.05, 0.1) is 0 Å². The summed E-state index contributed by atoms with van der Waals surface area (Å²) in [4.78, 5) is 2.26. The van der Waals surface area contributed by atoms with E-state index in [4.69, 9.17) is 5.73 Å². The van der Waals surface area contributed by atoms with Gasteiger partial charge in [-0.15, -0.1) is 11.3 Å². The Labute approximate surface area is 108 Å². The van der Waals surface area contributed by atoms with Crippen LogP contribution in [0, 0.1) is 25.5 Å². The molecule has 0 spiro atoms. The SMILES string of the molecule is Cc1cc(CNc2c(F)cc(N)cc2F)sc1C. The summed E-state index contributed by atoms with van der Waals surface area (Å²) in [5.74, 6) is -1.34. The molecular weight excluding hydrogens is 254 g/mol. The third kappa shape index (κ3) is 2.61. The van der Waals surface area contributed by atoms with Crippen LogP contribution in [-0.2, 0) is 6.54 Å². The van der Waals surface area contributed by atoms with Gasteiger partial charge in [-0.2, -0.15) is 0 Å². The molecule has 0 amide bonds. The van der Waals surface area contributed by atoms with Gasteiger partial charge in [-0.25, -0.2) is 8.78 Å². The van der Waals surface area contributed by atoms with Crippen molar-refractivity contribution in [1.29, 1.82) is 0 Å². The molecule has 0 fully saturated rings. The fraction of sp³-hybridized carbons (Fsp3) is 0.231. The summed E-state index contributed by atoms with van der Waals surface area (Å²) in [6.07, 6.45) is 0. The topological polar surface area (TPSA) is 38.0 Å². The second kappa shape index (κ2) is 4.94. The minimum atomic E-state index is -0.669. The van der Waals surface area contributed by atoms with Gasteiger partial charge in [-0.05, 0) is 37.6 Å². The lowest BCUT2D eigenvalue weighted by Crippen LogP contribution is -2.03. The van der Waals surface area contributed by atoms with Crippen molar-refractivity contribution in [3.05, 3.63) is 45.2 Å². The molecule has 1 aromatic carbocycles. The van der Waals surface area contributed by atoms with E-state index in [1.54, 1.807) is 11.3 Å². The molecule has 5 heteroatoms. The molecule has 96 valence electrons. The summed E-state index contributed by atoms with van der Waals surface area (Å²) in [5.41, 5.74) is 6.49. The Hall–Kier alpha value is -1.62. The van der Waals surface area contributed by atoms with Gasteiger partial charge < -0.3 is 11.1 Å². The molecule has 0 bridgehead atoms. The molecule has 2 aromatic rings. The number of anilines is 2. The molecule has 0 atom stereocenters. The quantitative estimate of drug-likeness (QED) is 0.830. The Kier molecular flexibility index (Phi) is 3.52. The smallest absolute Gasteiger partial charge is 0.151 e. The van der Waals surface area contributed by atoms with Gasteiger partial charge in [0, 0.05) is 22.0 Å². The van der Waals surface area contributed by atoms with Crippen LogP contribution in [0.2, 0.25) is 0 Å². The molecule has 3 N–H and O–H groups in total. The Morgan fingerprint density at radius 3 is 2.28 bits per heavy atom. The average Bonchev–Trinajstić information content (AvgIpc) is 2.56. The van der Waals surface area contributed by atoms with Crippen LogP contribution in [0.5, 0.6) is 0 Å². The van der Waals surface area contributed by atoms with Crippen molar-refractivity contribution in [2.24, 2.45) is 0 Å². The lowest BCUT2D eigenvalue weighted by atomic mass is 10.2. The first-order chi connectivity index (χ1) is 8.47. The Morgan fingerprint density at radius 1 is 1.17 bits per heavy atom. The normalized spacial score (nSPS) is 10.7. The van der Waals surface area contributed by atoms with Gasteiger partial charge >= 0.3 is 0 Å². The van der Waals surface area contributed by atoms with Crippen LogP contribution in [0.25, 0.3) is 0 Å². The first-order valence-electron chi connectivity index (χ1n) is 5.51. The number of benzene rings is 1. The van der Waals surface area contributed by atoms with Gasteiger partial charge in [-0.3, -0.25) is 0 Å². The number of aryl methyl sites for hydroxylation is 2. The lowest BCUT2D eigenvalue weighted by molar-refractivity contribution is 0.589. The molecule has 0 saturated heterocycles. The molecule has 0 aliphatic heterocycles.